The van der Waals surface area contributed by atoms with Crippen LogP contribution in [-0.4, -0.2) is 41.8 Å². The normalized spacial score (nSPS) is 25.4. The molecule has 7 heteroatoms. The van der Waals surface area contributed by atoms with Gasteiger partial charge in [-0.15, -0.1) is 0 Å². The van der Waals surface area contributed by atoms with Gasteiger partial charge < -0.3 is 19.6 Å². The van der Waals surface area contributed by atoms with Crippen molar-refractivity contribution in [3.05, 3.63) is 18.3 Å². The van der Waals surface area contributed by atoms with Gasteiger partial charge in [0.25, 0.3) is 5.91 Å². The summed E-state index contributed by atoms with van der Waals surface area (Å²) < 4.78 is 13.1. The van der Waals surface area contributed by atoms with E-state index in [2.05, 4.69) is 5.32 Å². The third kappa shape index (κ3) is 3.90. The first-order valence-corrected chi connectivity index (χ1v) is 10.1. The molecule has 0 radical (unpaired) electrons. The molecule has 1 saturated heterocycles. The lowest BCUT2D eigenvalue weighted by Crippen LogP contribution is -2.33. The molecule has 1 amide bonds. The first-order chi connectivity index (χ1) is 13.7. The van der Waals surface area contributed by atoms with Crippen molar-refractivity contribution in [1.29, 1.82) is 0 Å². The lowest BCUT2D eigenvalue weighted by molar-refractivity contribution is -0.130. The van der Waals surface area contributed by atoms with Crippen molar-refractivity contribution >= 4 is 28.8 Å². The number of rotatable bonds is 5. The average Bonchev–Trinajstić information content (AvgIpc) is 3.16. The second kappa shape index (κ2) is 8.31. The molecule has 1 aliphatic heterocycles. The Balaban J connectivity index is 1.54. The van der Waals surface area contributed by atoms with Crippen LogP contribution in [-0.2, 0) is 14.3 Å². The minimum absolute atomic E-state index is 0.128. The van der Waals surface area contributed by atoms with Crippen LogP contribution < -0.4 is 10.1 Å². The zero-order valence-electron chi connectivity index (χ0n) is 16.2. The monoisotopic (exact) mass is 385 g/mol. The molecule has 28 heavy (non-hydrogen) atoms. The van der Waals surface area contributed by atoms with Crippen LogP contribution in [0.15, 0.2) is 18.3 Å². The Morgan fingerprint density at radius 3 is 2.75 bits per heavy atom. The molecule has 1 atom stereocenters. The molecular formula is C21H27N3O4. The number of aldehydes is 1. The summed E-state index contributed by atoms with van der Waals surface area (Å²) in [6, 6.07) is 4.08. The van der Waals surface area contributed by atoms with Crippen molar-refractivity contribution in [2.24, 2.45) is 5.92 Å². The lowest BCUT2D eigenvalue weighted by Gasteiger charge is -2.25. The average molecular weight is 385 g/mol. The molecule has 150 valence electrons. The van der Waals surface area contributed by atoms with E-state index in [1.165, 1.54) is 0 Å². The maximum absolute atomic E-state index is 12.5. The van der Waals surface area contributed by atoms with Crippen molar-refractivity contribution in [2.45, 2.75) is 57.1 Å². The Morgan fingerprint density at radius 1 is 1.25 bits per heavy atom. The molecule has 0 bridgehead atoms. The molecule has 7 nitrogen and oxygen atoms in total. The molecule has 0 spiro atoms. The Kier molecular flexibility index (Phi) is 5.62. The van der Waals surface area contributed by atoms with E-state index in [1.54, 1.807) is 7.11 Å². The van der Waals surface area contributed by atoms with Gasteiger partial charge >= 0.3 is 0 Å². The fraction of sp³-hybridized carbons (Fsp3) is 0.571. The number of ether oxygens (including phenoxy) is 2. The van der Waals surface area contributed by atoms with Crippen LogP contribution in [0.4, 0.5) is 5.69 Å². The molecule has 2 aromatic rings. The molecule has 1 aliphatic carbocycles. The Labute approximate surface area is 164 Å². The minimum Gasteiger partial charge on any atom is -0.494 e. The second-order valence-corrected chi connectivity index (χ2v) is 7.77. The number of nitrogens with zero attached hydrogens (tertiary/aromatic N) is 2. The highest BCUT2D eigenvalue weighted by Crippen LogP contribution is 2.34. The molecule has 1 aromatic carbocycles. The number of methoxy groups -OCH3 is 1. The van der Waals surface area contributed by atoms with Gasteiger partial charge in [0.2, 0.25) is 0 Å². The standard InChI is InChI=1S/C21H27N3O4/c1-27-20-11-17-15(10-18(20)22-21(26)19-4-2-3-9-28-19)12-24(23-17)16-7-5-14(13-25)6-8-16/h10-14,16,19H,2-9H2,1H3,(H,22,26)/t14-,16-,19-/m0/s1. The lowest BCUT2D eigenvalue weighted by atomic mass is 9.87. The van der Waals surface area contributed by atoms with Crippen LogP contribution in [0.3, 0.4) is 0 Å². The minimum atomic E-state index is -0.398. The Hall–Kier alpha value is -2.41. The maximum Gasteiger partial charge on any atom is 0.253 e. The summed E-state index contributed by atoms with van der Waals surface area (Å²) in [6.07, 6.45) is 9.20. The van der Waals surface area contributed by atoms with Gasteiger partial charge in [-0.3, -0.25) is 9.48 Å². The zero-order chi connectivity index (χ0) is 19.5. The van der Waals surface area contributed by atoms with E-state index in [0.717, 1.165) is 62.1 Å². The predicted molar refractivity (Wildman–Crippen MR) is 106 cm³/mol. The zero-order valence-corrected chi connectivity index (χ0v) is 16.2. The van der Waals surface area contributed by atoms with Gasteiger partial charge in [-0.25, -0.2) is 0 Å². The van der Waals surface area contributed by atoms with Crippen LogP contribution in [0.25, 0.3) is 10.9 Å². The number of carbonyl (C=O) groups is 2. The second-order valence-electron chi connectivity index (χ2n) is 7.77. The van der Waals surface area contributed by atoms with E-state index >= 15 is 0 Å². The van der Waals surface area contributed by atoms with Crippen molar-refractivity contribution in [3.8, 4) is 5.75 Å². The van der Waals surface area contributed by atoms with Gasteiger partial charge in [-0.2, -0.15) is 5.10 Å². The number of benzene rings is 1. The van der Waals surface area contributed by atoms with Crippen LogP contribution in [0.5, 0.6) is 5.75 Å². The number of hydrogen-bond donors (Lipinski definition) is 1. The molecule has 4 rings (SSSR count). The highest BCUT2D eigenvalue weighted by atomic mass is 16.5. The van der Waals surface area contributed by atoms with Crippen molar-refractivity contribution in [1.82, 2.24) is 9.78 Å². The highest BCUT2D eigenvalue weighted by molar-refractivity contribution is 5.98. The van der Waals surface area contributed by atoms with E-state index in [9.17, 15) is 9.59 Å². The summed E-state index contributed by atoms with van der Waals surface area (Å²) in [4.78, 5) is 23.5. The van der Waals surface area contributed by atoms with Gasteiger partial charge in [0.1, 0.15) is 18.1 Å². The predicted octanol–water partition coefficient (Wildman–Crippen LogP) is 3.48. The number of carbonyl (C=O) groups excluding carboxylic acids is 2. The number of hydrogen-bond acceptors (Lipinski definition) is 5. The number of aromatic nitrogens is 2. The molecule has 1 N–H and O–H groups in total. The topological polar surface area (TPSA) is 82.5 Å². The van der Waals surface area contributed by atoms with Crippen LogP contribution in [0.2, 0.25) is 0 Å². The number of amides is 1. The molecule has 2 fully saturated rings. The number of anilines is 1. The molecular weight excluding hydrogens is 358 g/mol. The van der Waals surface area contributed by atoms with Crippen molar-refractivity contribution in [2.75, 3.05) is 19.0 Å². The summed E-state index contributed by atoms with van der Waals surface area (Å²) in [5, 5.41) is 8.63. The summed E-state index contributed by atoms with van der Waals surface area (Å²) in [6.45, 7) is 0.632. The molecule has 1 saturated carbocycles. The maximum atomic E-state index is 12.5. The molecule has 1 aromatic heterocycles. The fourth-order valence-electron chi connectivity index (χ4n) is 4.19. The fourth-order valence-corrected chi connectivity index (χ4v) is 4.19. The SMILES string of the molecule is COc1cc2nn([C@H]3CC[C@H](C=O)CC3)cc2cc1NC(=O)[C@@H]1CCCCO1. The van der Waals surface area contributed by atoms with Crippen LogP contribution in [0.1, 0.15) is 51.0 Å². The van der Waals surface area contributed by atoms with Crippen molar-refractivity contribution in [3.63, 3.8) is 0 Å². The summed E-state index contributed by atoms with van der Waals surface area (Å²) in [5.74, 6) is 0.647. The molecule has 2 aliphatic rings. The summed E-state index contributed by atoms with van der Waals surface area (Å²) >= 11 is 0. The van der Waals surface area contributed by atoms with E-state index in [1.807, 2.05) is 23.0 Å². The third-order valence-corrected chi connectivity index (χ3v) is 5.88. The first-order valence-electron chi connectivity index (χ1n) is 10.1. The van der Waals surface area contributed by atoms with Crippen molar-refractivity contribution < 1.29 is 19.1 Å². The summed E-state index contributed by atoms with van der Waals surface area (Å²) in [7, 11) is 1.59. The van der Waals surface area contributed by atoms with Crippen LogP contribution >= 0.6 is 0 Å². The molecule has 0 unspecified atom stereocenters. The number of fused-ring (bicyclic) bond motifs is 1. The Morgan fingerprint density at radius 2 is 2.07 bits per heavy atom. The van der Waals surface area contributed by atoms with E-state index in [-0.39, 0.29) is 11.8 Å². The van der Waals surface area contributed by atoms with Gasteiger partial charge in [0, 0.05) is 30.2 Å². The largest absolute Gasteiger partial charge is 0.494 e. The van der Waals surface area contributed by atoms with Gasteiger partial charge in [-0.1, -0.05) is 0 Å². The highest BCUT2D eigenvalue weighted by Gasteiger charge is 2.25. The van der Waals surface area contributed by atoms with Gasteiger partial charge in [0.15, 0.2) is 0 Å². The van der Waals surface area contributed by atoms with E-state index in [4.69, 9.17) is 14.6 Å². The first kappa shape index (κ1) is 18.9. The summed E-state index contributed by atoms with van der Waals surface area (Å²) in [5.41, 5.74) is 1.47. The third-order valence-electron chi connectivity index (χ3n) is 5.88. The Bertz CT molecular complexity index is 849. The van der Waals surface area contributed by atoms with Crippen LogP contribution in [0, 0.1) is 5.92 Å². The van der Waals surface area contributed by atoms with Gasteiger partial charge in [-0.05, 0) is 51.0 Å². The van der Waals surface area contributed by atoms with Gasteiger partial charge in [0.05, 0.1) is 24.4 Å². The smallest absolute Gasteiger partial charge is 0.253 e. The van der Waals surface area contributed by atoms with E-state index < -0.39 is 6.10 Å². The van der Waals surface area contributed by atoms with E-state index in [0.29, 0.717) is 24.1 Å². The molecule has 2 heterocycles. The number of nitrogens with one attached hydrogen (secondary N) is 1. The quantitative estimate of drug-likeness (QED) is 0.797.